The Morgan fingerprint density at radius 3 is 2.82 bits per heavy atom. The predicted octanol–water partition coefficient (Wildman–Crippen LogP) is 3.25. The van der Waals surface area contributed by atoms with Gasteiger partial charge in [0, 0.05) is 25.8 Å². The third kappa shape index (κ3) is 2.63. The summed E-state index contributed by atoms with van der Waals surface area (Å²) in [6.45, 7) is 0. The zero-order valence-electron chi connectivity index (χ0n) is 8.10. The molecule has 0 unspecified atom stereocenters. The number of nitrogens with one attached hydrogen (secondary N) is 2. The van der Waals surface area contributed by atoms with Gasteiger partial charge in [-0.1, -0.05) is 15.9 Å². The van der Waals surface area contributed by atoms with Crippen LogP contribution in [0.25, 0.3) is 10.9 Å². The van der Waals surface area contributed by atoms with Crippen molar-refractivity contribution in [3.63, 3.8) is 0 Å². The van der Waals surface area contributed by atoms with Gasteiger partial charge in [0.2, 0.25) is 0 Å². The molecule has 0 fully saturated rings. The van der Waals surface area contributed by atoms with E-state index in [1.807, 2.05) is 21.2 Å². The molecule has 0 spiro atoms. The van der Waals surface area contributed by atoms with Crippen LogP contribution in [0.15, 0.2) is 22.7 Å². The number of amides is 1. The summed E-state index contributed by atoms with van der Waals surface area (Å²) in [6.07, 6.45) is 0. The van der Waals surface area contributed by atoms with Crippen LogP contribution in [0.1, 0.15) is 0 Å². The lowest BCUT2D eigenvalue weighted by Gasteiger charge is -2.07. The number of hydrogen-bond acceptors (Lipinski definition) is 2. The Morgan fingerprint density at radius 2 is 2.18 bits per heavy atom. The van der Waals surface area contributed by atoms with Gasteiger partial charge in [0.05, 0.1) is 5.52 Å². The maximum Gasteiger partial charge on any atom is 0.378 e. The van der Waals surface area contributed by atoms with Gasteiger partial charge in [0.25, 0.3) is 0 Å². The standard InChI is InChI=1S/C9H5Br2F2N3O/c10-4-1-2-5-6(3-4)15-16-7(5)14-8(17)9(11,12)13/h1-3H,(H2,14,15,16,17). The normalized spacial score (nSPS) is 11.8. The largest absolute Gasteiger partial charge is 0.378 e. The van der Waals surface area contributed by atoms with Gasteiger partial charge < -0.3 is 5.32 Å². The average Bonchev–Trinajstić information content (AvgIpc) is 2.59. The molecule has 8 heteroatoms. The number of benzene rings is 1. The number of rotatable bonds is 2. The van der Waals surface area contributed by atoms with Gasteiger partial charge in [-0.3, -0.25) is 9.89 Å². The molecule has 1 aromatic carbocycles. The molecule has 1 heterocycles. The molecular formula is C9H5Br2F2N3O. The predicted molar refractivity (Wildman–Crippen MR) is 66.3 cm³/mol. The van der Waals surface area contributed by atoms with Crippen molar-refractivity contribution >= 4 is 54.5 Å². The van der Waals surface area contributed by atoms with Crippen LogP contribution in [0, 0.1) is 0 Å². The maximum absolute atomic E-state index is 12.6. The van der Waals surface area contributed by atoms with Crippen molar-refractivity contribution in [3.8, 4) is 0 Å². The van der Waals surface area contributed by atoms with Gasteiger partial charge in [-0.05, 0) is 18.2 Å². The highest BCUT2D eigenvalue weighted by Crippen LogP contribution is 2.27. The lowest BCUT2D eigenvalue weighted by atomic mass is 10.2. The molecule has 0 aliphatic rings. The van der Waals surface area contributed by atoms with E-state index in [1.54, 1.807) is 18.2 Å². The molecule has 0 aliphatic heterocycles. The van der Waals surface area contributed by atoms with Gasteiger partial charge in [0.15, 0.2) is 5.82 Å². The molecule has 1 aromatic heterocycles. The number of carbonyl (C=O) groups is 1. The van der Waals surface area contributed by atoms with Crippen molar-refractivity contribution in [2.75, 3.05) is 5.32 Å². The molecular weight excluding hydrogens is 364 g/mol. The van der Waals surface area contributed by atoms with Gasteiger partial charge in [-0.25, -0.2) is 0 Å². The van der Waals surface area contributed by atoms with E-state index in [9.17, 15) is 13.6 Å². The van der Waals surface area contributed by atoms with E-state index in [1.165, 1.54) is 0 Å². The Balaban J connectivity index is 2.35. The monoisotopic (exact) mass is 367 g/mol. The second-order valence-corrected chi connectivity index (χ2v) is 5.13. The summed E-state index contributed by atoms with van der Waals surface area (Å²) < 4.78 is 26.1. The number of anilines is 1. The molecule has 2 N–H and O–H groups in total. The second kappa shape index (κ2) is 4.34. The first-order chi connectivity index (χ1) is 7.88. The molecule has 0 aliphatic carbocycles. The minimum absolute atomic E-state index is 0.0663. The number of aromatic nitrogens is 2. The zero-order valence-corrected chi connectivity index (χ0v) is 11.3. The van der Waals surface area contributed by atoms with Crippen molar-refractivity contribution in [3.05, 3.63) is 22.7 Å². The van der Waals surface area contributed by atoms with E-state index < -0.39 is 10.7 Å². The average molecular weight is 369 g/mol. The van der Waals surface area contributed by atoms with Crippen LogP contribution >= 0.6 is 31.9 Å². The summed E-state index contributed by atoms with van der Waals surface area (Å²) in [5.74, 6) is -1.40. The summed E-state index contributed by atoms with van der Waals surface area (Å²) in [5.41, 5.74) is 0.632. The summed E-state index contributed by atoms with van der Waals surface area (Å²) in [7, 11) is 0. The number of H-pyrrole nitrogens is 1. The molecule has 0 bridgehead atoms. The van der Waals surface area contributed by atoms with Crippen LogP contribution in [0.2, 0.25) is 0 Å². The summed E-state index contributed by atoms with van der Waals surface area (Å²) in [6, 6.07) is 5.11. The van der Waals surface area contributed by atoms with Gasteiger partial charge >= 0.3 is 10.7 Å². The quantitative estimate of drug-likeness (QED) is 0.799. The lowest BCUT2D eigenvalue weighted by molar-refractivity contribution is -0.128. The number of aromatic amines is 1. The van der Waals surface area contributed by atoms with Gasteiger partial charge in [-0.15, -0.1) is 0 Å². The van der Waals surface area contributed by atoms with Crippen molar-refractivity contribution in [1.82, 2.24) is 10.2 Å². The zero-order chi connectivity index (χ0) is 12.6. The van der Waals surface area contributed by atoms with E-state index >= 15 is 0 Å². The molecule has 1 amide bonds. The van der Waals surface area contributed by atoms with Crippen LogP contribution in [-0.2, 0) is 4.79 Å². The van der Waals surface area contributed by atoms with Crippen LogP contribution in [0.5, 0.6) is 0 Å². The molecule has 4 nitrogen and oxygen atoms in total. The first-order valence-electron chi connectivity index (χ1n) is 4.40. The molecule has 90 valence electrons. The highest BCUT2D eigenvalue weighted by atomic mass is 79.9. The van der Waals surface area contributed by atoms with Crippen molar-refractivity contribution in [2.24, 2.45) is 0 Å². The molecule has 17 heavy (non-hydrogen) atoms. The number of fused-ring (bicyclic) bond motifs is 1. The van der Waals surface area contributed by atoms with Gasteiger partial charge in [0.1, 0.15) is 0 Å². The first kappa shape index (κ1) is 12.4. The number of carbonyl (C=O) groups excluding carboxylic acids is 1. The number of nitrogens with zero attached hydrogens (tertiary/aromatic N) is 1. The minimum Gasteiger partial charge on any atom is -0.303 e. The van der Waals surface area contributed by atoms with Crippen LogP contribution in [0.4, 0.5) is 14.6 Å². The Morgan fingerprint density at radius 1 is 1.47 bits per heavy atom. The molecule has 2 rings (SSSR count). The molecule has 2 aromatic rings. The first-order valence-corrected chi connectivity index (χ1v) is 5.98. The molecule has 0 atom stereocenters. The van der Waals surface area contributed by atoms with E-state index in [0.29, 0.717) is 10.9 Å². The van der Waals surface area contributed by atoms with E-state index in [2.05, 4.69) is 26.1 Å². The topological polar surface area (TPSA) is 57.8 Å². The highest BCUT2D eigenvalue weighted by Gasteiger charge is 2.35. The fourth-order valence-corrected chi connectivity index (χ4v) is 1.73. The number of alkyl halides is 3. The number of halogens is 4. The van der Waals surface area contributed by atoms with E-state index in [-0.39, 0.29) is 5.82 Å². The summed E-state index contributed by atoms with van der Waals surface area (Å²) in [5, 5.41) is 8.97. The Bertz CT molecular complexity index is 579. The van der Waals surface area contributed by atoms with Crippen molar-refractivity contribution < 1.29 is 13.6 Å². The highest BCUT2D eigenvalue weighted by molar-refractivity contribution is 9.10. The Labute approximate surface area is 111 Å². The Hall–Kier alpha value is -1.02. The number of hydrogen-bond donors (Lipinski definition) is 2. The molecule has 0 radical (unpaired) electrons. The Kier molecular flexibility index (Phi) is 3.17. The minimum atomic E-state index is -3.62. The summed E-state index contributed by atoms with van der Waals surface area (Å²) in [4.78, 5) is 7.45. The fraction of sp³-hybridized carbons (Fsp3) is 0.111. The second-order valence-electron chi connectivity index (χ2n) is 3.21. The SMILES string of the molecule is O=C(Nc1n[nH]c2cc(Br)ccc12)C(F)(F)Br. The summed E-state index contributed by atoms with van der Waals surface area (Å²) >= 11 is 5.24. The third-order valence-electron chi connectivity index (χ3n) is 2.01. The maximum atomic E-state index is 12.6. The fourth-order valence-electron chi connectivity index (χ4n) is 1.27. The van der Waals surface area contributed by atoms with Crippen molar-refractivity contribution in [2.45, 2.75) is 4.83 Å². The van der Waals surface area contributed by atoms with E-state index in [0.717, 1.165) is 4.47 Å². The van der Waals surface area contributed by atoms with Crippen molar-refractivity contribution in [1.29, 1.82) is 0 Å². The van der Waals surface area contributed by atoms with Crippen LogP contribution in [-0.4, -0.2) is 20.9 Å². The van der Waals surface area contributed by atoms with E-state index in [4.69, 9.17) is 0 Å². The van der Waals surface area contributed by atoms with Crippen LogP contribution in [0.3, 0.4) is 0 Å². The van der Waals surface area contributed by atoms with Gasteiger partial charge in [-0.2, -0.15) is 13.9 Å². The van der Waals surface area contributed by atoms with Crippen LogP contribution < -0.4 is 5.32 Å². The smallest absolute Gasteiger partial charge is 0.303 e. The lowest BCUT2D eigenvalue weighted by Crippen LogP contribution is -2.28. The molecule has 0 saturated carbocycles. The molecule has 0 saturated heterocycles. The third-order valence-corrected chi connectivity index (χ3v) is 2.87.